The third kappa shape index (κ3) is 4.24. The summed E-state index contributed by atoms with van der Waals surface area (Å²) < 4.78 is 5.04. The van der Waals surface area contributed by atoms with E-state index in [0.29, 0.717) is 5.41 Å². The molecule has 0 heterocycles. The van der Waals surface area contributed by atoms with E-state index in [1.54, 1.807) is 7.11 Å². The number of hydrogen-bond donors (Lipinski definition) is 0. The molecule has 0 aliphatic heterocycles. The number of alkyl halides is 2. The van der Waals surface area contributed by atoms with Crippen molar-refractivity contribution in [1.82, 2.24) is 0 Å². The zero-order valence-corrected chi connectivity index (χ0v) is 11.1. The molecule has 0 atom stereocenters. The van der Waals surface area contributed by atoms with Crippen LogP contribution in [-0.2, 0) is 4.74 Å². The molecule has 1 nitrogen and oxygen atoms in total. The molecule has 0 aromatic heterocycles. The molecule has 74 valence electrons. The van der Waals surface area contributed by atoms with Crippen molar-refractivity contribution in [3.8, 4) is 0 Å². The lowest BCUT2D eigenvalue weighted by molar-refractivity contribution is 0.176. The van der Waals surface area contributed by atoms with Crippen molar-refractivity contribution < 1.29 is 4.74 Å². The first-order valence-electron chi connectivity index (χ1n) is 4.35. The Hall–Kier alpha value is 0.920. The highest BCUT2D eigenvalue weighted by Gasteiger charge is 2.24. The summed E-state index contributed by atoms with van der Waals surface area (Å²) in [6.45, 7) is 3.12. The minimum absolute atomic E-state index is 0.429. The van der Waals surface area contributed by atoms with Gasteiger partial charge in [-0.05, 0) is 24.7 Å². The van der Waals surface area contributed by atoms with Crippen LogP contribution < -0.4 is 0 Å². The number of rotatable bonds is 7. The van der Waals surface area contributed by atoms with E-state index in [1.807, 2.05) is 0 Å². The lowest BCUT2D eigenvalue weighted by atomic mass is 9.85. The molecule has 0 saturated heterocycles. The summed E-state index contributed by atoms with van der Waals surface area (Å²) >= 11 is 7.15. The van der Waals surface area contributed by atoms with Gasteiger partial charge in [0.1, 0.15) is 0 Å². The Morgan fingerprint density at radius 2 is 1.83 bits per heavy atom. The normalized spacial score (nSPS) is 12.0. The molecule has 0 spiro atoms. The maximum atomic E-state index is 5.04. The van der Waals surface area contributed by atoms with Crippen molar-refractivity contribution in [3.63, 3.8) is 0 Å². The molecular formula is C9H18Br2O. The SMILES string of the molecule is CCC(CBr)(CBr)CCCOC. The van der Waals surface area contributed by atoms with Crippen molar-refractivity contribution in [3.05, 3.63) is 0 Å². The van der Waals surface area contributed by atoms with Gasteiger partial charge in [-0.3, -0.25) is 0 Å². The monoisotopic (exact) mass is 300 g/mol. The molecule has 0 radical (unpaired) electrons. The van der Waals surface area contributed by atoms with E-state index in [4.69, 9.17) is 4.74 Å². The van der Waals surface area contributed by atoms with Gasteiger partial charge in [-0.1, -0.05) is 38.8 Å². The zero-order chi connectivity index (χ0) is 9.45. The Kier molecular flexibility index (Phi) is 7.90. The van der Waals surface area contributed by atoms with Crippen LogP contribution in [0.4, 0.5) is 0 Å². The number of methoxy groups -OCH3 is 1. The quantitative estimate of drug-likeness (QED) is 0.516. The van der Waals surface area contributed by atoms with Gasteiger partial charge in [-0.15, -0.1) is 0 Å². The fourth-order valence-corrected chi connectivity index (χ4v) is 3.41. The van der Waals surface area contributed by atoms with Gasteiger partial charge in [-0.25, -0.2) is 0 Å². The van der Waals surface area contributed by atoms with E-state index in [9.17, 15) is 0 Å². The summed E-state index contributed by atoms with van der Waals surface area (Å²) in [6, 6.07) is 0. The minimum Gasteiger partial charge on any atom is -0.385 e. The number of hydrogen-bond acceptors (Lipinski definition) is 1. The summed E-state index contributed by atoms with van der Waals surface area (Å²) in [6.07, 6.45) is 3.60. The van der Waals surface area contributed by atoms with Gasteiger partial charge in [0.15, 0.2) is 0 Å². The van der Waals surface area contributed by atoms with Gasteiger partial charge in [0, 0.05) is 24.4 Å². The highest BCUT2D eigenvalue weighted by Crippen LogP contribution is 2.32. The van der Waals surface area contributed by atoms with Crippen molar-refractivity contribution in [2.45, 2.75) is 26.2 Å². The van der Waals surface area contributed by atoms with Crippen molar-refractivity contribution in [2.75, 3.05) is 24.4 Å². The molecule has 12 heavy (non-hydrogen) atoms. The highest BCUT2D eigenvalue weighted by molar-refractivity contribution is 9.09. The van der Waals surface area contributed by atoms with Gasteiger partial charge in [0.25, 0.3) is 0 Å². The zero-order valence-electron chi connectivity index (χ0n) is 7.91. The summed E-state index contributed by atoms with van der Waals surface area (Å²) in [4.78, 5) is 0. The first-order chi connectivity index (χ1) is 5.74. The van der Waals surface area contributed by atoms with E-state index in [1.165, 1.54) is 12.8 Å². The van der Waals surface area contributed by atoms with Gasteiger partial charge in [0.05, 0.1) is 0 Å². The van der Waals surface area contributed by atoms with Crippen LogP contribution in [0.25, 0.3) is 0 Å². The predicted molar refractivity (Wildman–Crippen MR) is 61.4 cm³/mol. The van der Waals surface area contributed by atoms with Gasteiger partial charge < -0.3 is 4.74 Å². The van der Waals surface area contributed by atoms with Crippen LogP contribution in [0.15, 0.2) is 0 Å². The fraction of sp³-hybridized carbons (Fsp3) is 1.00. The maximum absolute atomic E-state index is 5.04. The molecule has 3 heteroatoms. The average Bonchev–Trinajstić information content (AvgIpc) is 2.14. The summed E-state index contributed by atoms with van der Waals surface area (Å²) in [5, 5.41) is 2.15. The molecule has 0 fully saturated rings. The second-order valence-electron chi connectivity index (χ2n) is 3.22. The Morgan fingerprint density at radius 3 is 2.17 bits per heavy atom. The molecule has 0 N–H and O–H groups in total. The van der Waals surface area contributed by atoms with Crippen LogP contribution in [0.5, 0.6) is 0 Å². The lowest BCUT2D eigenvalue weighted by Gasteiger charge is -2.28. The lowest BCUT2D eigenvalue weighted by Crippen LogP contribution is -2.24. The largest absolute Gasteiger partial charge is 0.385 e. The number of halogens is 2. The molecule has 0 bridgehead atoms. The van der Waals surface area contributed by atoms with Crippen LogP contribution in [0, 0.1) is 5.41 Å². The van der Waals surface area contributed by atoms with Gasteiger partial charge in [-0.2, -0.15) is 0 Å². The topological polar surface area (TPSA) is 9.23 Å². The van der Waals surface area contributed by atoms with Gasteiger partial charge in [0.2, 0.25) is 0 Å². The summed E-state index contributed by atoms with van der Waals surface area (Å²) in [5.74, 6) is 0. The van der Waals surface area contributed by atoms with E-state index in [-0.39, 0.29) is 0 Å². The molecule has 0 unspecified atom stereocenters. The molecule has 0 aliphatic rings. The Bertz CT molecular complexity index is 94.4. The molecule has 0 aromatic rings. The van der Waals surface area contributed by atoms with Crippen molar-refractivity contribution in [2.24, 2.45) is 5.41 Å². The van der Waals surface area contributed by atoms with Crippen LogP contribution in [0.1, 0.15) is 26.2 Å². The molecule has 0 aromatic carbocycles. The average molecular weight is 302 g/mol. The van der Waals surface area contributed by atoms with E-state index in [2.05, 4.69) is 38.8 Å². The predicted octanol–water partition coefficient (Wildman–Crippen LogP) is 3.60. The first-order valence-corrected chi connectivity index (χ1v) is 6.60. The van der Waals surface area contributed by atoms with Crippen LogP contribution in [-0.4, -0.2) is 24.4 Å². The molecular weight excluding hydrogens is 284 g/mol. The summed E-state index contributed by atoms with van der Waals surface area (Å²) in [5.41, 5.74) is 0.429. The third-order valence-electron chi connectivity index (χ3n) is 2.37. The molecule has 0 amide bonds. The number of ether oxygens (including phenoxy) is 1. The Balaban J connectivity index is 3.76. The van der Waals surface area contributed by atoms with Crippen LogP contribution in [0.3, 0.4) is 0 Å². The third-order valence-corrected chi connectivity index (χ3v) is 4.75. The van der Waals surface area contributed by atoms with Crippen molar-refractivity contribution in [1.29, 1.82) is 0 Å². The van der Waals surface area contributed by atoms with E-state index >= 15 is 0 Å². The second-order valence-corrected chi connectivity index (χ2v) is 4.34. The van der Waals surface area contributed by atoms with E-state index < -0.39 is 0 Å². The fourth-order valence-electron chi connectivity index (χ4n) is 1.13. The van der Waals surface area contributed by atoms with Gasteiger partial charge >= 0.3 is 0 Å². The first kappa shape index (κ1) is 12.9. The second kappa shape index (κ2) is 7.34. The van der Waals surface area contributed by atoms with Crippen molar-refractivity contribution >= 4 is 31.9 Å². The van der Waals surface area contributed by atoms with Crippen LogP contribution in [0.2, 0.25) is 0 Å². The Morgan fingerprint density at radius 1 is 1.25 bits per heavy atom. The molecule has 0 saturated carbocycles. The molecule has 0 rings (SSSR count). The Labute approximate surface area is 92.5 Å². The smallest absolute Gasteiger partial charge is 0.0462 e. The minimum atomic E-state index is 0.429. The standard InChI is InChI=1S/C9H18Br2O/c1-3-9(7-10,8-11)5-4-6-12-2/h3-8H2,1-2H3. The van der Waals surface area contributed by atoms with E-state index in [0.717, 1.165) is 23.7 Å². The highest BCUT2D eigenvalue weighted by atomic mass is 79.9. The maximum Gasteiger partial charge on any atom is 0.0462 e. The molecule has 0 aliphatic carbocycles. The van der Waals surface area contributed by atoms with Crippen LogP contribution >= 0.6 is 31.9 Å². The summed E-state index contributed by atoms with van der Waals surface area (Å²) in [7, 11) is 1.76.